The van der Waals surface area contributed by atoms with Crippen LogP contribution in [0.25, 0.3) is 0 Å². The second kappa shape index (κ2) is 9.74. The number of amides is 2. The molecule has 2 heterocycles. The fraction of sp³-hybridized carbons (Fsp3) is 0.409. The molecule has 1 fully saturated rings. The van der Waals surface area contributed by atoms with Crippen LogP contribution in [-0.2, 0) is 4.79 Å². The Labute approximate surface area is 176 Å². The van der Waals surface area contributed by atoms with E-state index in [1.807, 2.05) is 29.4 Å². The highest BCUT2D eigenvalue weighted by molar-refractivity contribution is 6.30. The number of piperazine rings is 1. The van der Waals surface area contributed by atoms with E-state index in [2.05, 4.69) is 29.0 Å². The van der Waals surface area contributed by atoms with Crippen LogP contribution in [0.2, 0.25) is 5.02 Å². The fourth-order valence-electron chi connectivity index (χ4n) is 3.53. The minimum Gasteiger partial charge on any atom is -0.368 e. The Bertz CT molecular complexity index is 818. The van der Waals surface area contributed by atoms with Crippen molar-refractivity contribution in [2.45, 2.75) is 26.3 Å². The second-order valence-corrected chi connectivity index (χ2v) is 8.17. The fourth-order valence-corrected chi connectivity index (χ4v) is 3.66. The van der Waals surface area contributed by atoms with E-state index in [9.17, 15) is 9.59 Å². The number of aromatic nitrogens is 1. The lowest BCUT2D eigenvalue weighted by Crippen LogP contribution is -2.55. The summed E-state index contributed by atoms with van der Waals surface area (Å²) in [6, 6.07) is 10.2. The smallest absolute Gasteiger partial charge is 0.251 e. The molecule has 29 heavy (non-hydrogen) atoms. The number of rotatable bonds is 6. The van der Waals surface area contributed by atoms with Crippen LogP contribution in [0, 0.1) is 5.92 Å². The molecule has 1 aromatic heterocycles. The number of carbonyl (C=O) groups excluding carboxylic acids is 2. The second-order valence-electron chi connectivity index (χ2n) is 7.73. The van der Waals surface area contributed by atoms with Gasteiger partial charge >= 0.3 is 0 Å². The van der Waals surface area contributed by atoms with Gasteiger partial charge in [-0.2, -0.15) is 0 Å². The third-order valence-electron chi connectivity index (χ3n) is 5.07. The predicted molar refractivity (Wildman–Crippen MR) is 114 cm³/mol. The Hall–Kier alpha value is -2.60. The molecule has 1 atom stereocenters. The van der Waals surface area contributed by atoms with Gasteiger partial charge in [0.15, 0.2) is 12.4 Å². The van der Waals surface area contributed by atoms with Gasteiger partial charge in [-0.15, -0.1) is 0 Å². The summed E-state index contributed by atoms with van der Waals surface area (Å²) in [6.45, 7) is 6.94. The van der Waals surface area contributed by atoms with Gasteiger partial charge in [-0.05, 0) is 36.6 Å². The summed E-state index contributed by atoms with van der Waals surface area (Å²) in [5.41, 5.74) is 1.65. The number of halogens is 1. The lowest BCUT2D eigenvalue weighted by atomic mass is 10.0. The average Bonchev–Trinajstić information content (AvgIpc) is 2.73. The van der Waals surface area contributed by atoms with Crippen LogP contribution in [0.3, 0.4) is 0 Å². The Morgan fingerprint density at radius 3 is 2.24 bits per heavy atom. The molecule has 0 unspecified atom stereocenters. The molecule has 3 rings (SSSR count). The molecule has 0 aliphatic carbocycles. The molecule has 1 aromatic carbocycles. The summed E-state index contributed by atoms with van der Waals surface area (Å²) in [7, 11) is 0. The molecule has 1 aliphatic rings. The van der Waals surface area contributed by atoms with E-state index in [0.29, 0.717) is 30.1 Å². The topological polar surface area (TPSA) is 66.8 Å². The predicted octanol–water partition coefficient (Wildman–Crippen LogP) is 2.65. The van der Waals surface area contributed by atoms with E-state index >= 15 is 0 Å². The van der Waals surface area contributed by atoms with Gasteiger partial charge < -0.3 is 15.1 Å². The van der Waals surface area contributed by atoms with Crippen LogP contribution in [0.4, 0.5) is 5.69 Å². The van der Waals surface area contributed by atoms with Crippen molar-refractivity contribution in [1.82, 2.24) is 10.2 Å². The van der Waals surface area contributed by atoms with Crippen molar-refractivity contribution >= 4 is 29.1 Å². The largest absolute Gasteiger partial charge is 0.368 e. The van der Waals surface area contributed by atoms with Crippen molar-refractivity contribution in [3.8, 4) is 0 Å². The first-order chi connectivity index (χ1) is 13.9. The van der Waals surface area contributed by atoms with E-state index in [1.54, 1.807) is 24.3 Å². The summed E-state index contributed by atoms with van der Waals surface area (Å²) >= 11 is 5.90. The maximum Gasteiger partial charge on any atom is 0.251 e. The molecule has 0 saturated carbocycles. The highest BCUT2D eigenvalue weighted by Crippen LogP contribution is 2.17. The summed E-state index contributed by atoms with van der Waals surface area (Å²) < 4.78 is 0. The number of anilines is 1. The molecule has 1 saturated heterocycles. The molecular weight excluding hydrogens is 388 g/mol. The van der Waals surface area contributed by atoms with Gasteiger partial charge in [0, 0.05) is 54.6 Å². The number of hydrogen-bond acceptors (Lipinski definition) is 3. The Morgan fingerprint density at radius 1 is 1.03 bits per heavy atom. The number of nitrogens with zero attached hydrogens (tertiary/aromatic N) is 2. The van der Waals surface area contributed by atoms with Gasteiger partial charge in [-0.25, -0.2) is 4.98 Å². The Balaban J connectivity index is 1.63. The quantitative estimate of drug-likeness (QED) is 0.788. The third kappa shape index (κ3) is 5.70. The van der Waals surface area contributed by atoms with Gasteiger partial charge in [-0.3, -0.25) is 9.59 Å². The summed E-state index contributed by atoms with van der Waals surface area (Å²) in [4.78, 5) is 33.0. The number of benzene rings is 1. The molecule has 2 N–H and O–H groups in total. The number of hydrogen-bond donors (Lipinski definition) is 1. The summed E-state index contributed by atoms with van der Waals surface area (Å²) in [5.74, 6) is 0.0261. The lowest BCUT2D eigenvalue weighted by molar-refractivity contribution is -0.377. The van der Waals surface area contributed by atoms with E-state index in [-0.39, 0.29) is 17.7 Å². The van der Waals surface area contributed by atoms with Gasteiger partial charge in [0.25, 0.3) is 5.91 Å². The third-order valence-corrected chi connectivity index (χ3v) is 5.33. The molecule has 0 spiro atoms. The highest BCUT2D eigenvalue weighted by Gasteiger charge is 2.29. The van der Waals surface area contributed by atoms with Gasteiger partial charge in [0.05, 0.1) is 0 Å². The number of nitrogens with one attached hydrogen (secondary N) is 2. The molecule has 6 nitrogen and oxygen atoms in total. The molecule has 7 heteroatoms. The first-order valence-corrected chi connectivity index (χ1v) is 10.4. The normalized spacial score (nSPS) is 15.3. The highest BCUT2D eigenvalue weighted by atomic mass is 35.5. The molecule has 2 aromatic rings. The number of aromatic amines is 1. The monoisotopic (exact) mass is 415 g/mol. The minimum atomic E-state index is -0.531. The van der Waals surface area contributed by atoms with E-state index < -0.39 is 6.04 Å². The maximum absolute atomic E-state index is 13.2. The van der Waals surface area contributed by atoms with Crippen molar-refractivity contribution in [2.75, 3.05) is 31.1 Å². The molecule has 0 bridgehead atoms. The number of H-pyrrole nitrogens is 1. The lowest BCUT2D eigenvalue weighted by Gasteiger charge is -2.37. The van der Waals surface area contributed by atoms with Gasteiger partial charge in [-0.1, -0.05) is 25.4 Å². The van der Waals surface area contributed by atoms with E-state index in [0.717, 1.165) is 18.8 Å². The van der Waals surface area contributed by atoms with Crippen LogP contribution in [0.15, 0.2) is 48.8 Å². The van der Waals surface area contributed by atoms with Gasteiger partial charge in [0.2, 0.25) is 5.91 Å². The van der Waals surface area contributed by atoms with Crippen molar-refractivity contribution in [2.24, 2.45) is 5.92 Å². The summed E-state index contributed by atoms with van der Waals surface area (Å²) in [5, 5.41) is 3.51. The van der Waals surface area contributed by atoms with Crippen molar-refractivity contribution in [3.05, 3.63) is 59.4 Å². The zero-order valence-corrected chi connectivity index (χ0v) is 17.7. The molecule has 154 valence electrons. The zero-order chi connectivity index (χ0) is 20.8. The van der Waals surface area contributed by atoms with E-state index in [4.69, 9.17) is 11.6 Å². The summed E-state index contributed by atoms with van der Waals surface area (Å²) in [6.07, 6.45) is 4.41. The number of carbonyl (C=O) groups is 2. The Morgan fingerprint density at radius 2 is 1.66 bits per heavy atom. The SMILES string of the molecule is CC(C)C[C@@H](NC(=O)c1ccc(Cl)cc1)C(=O)N1CCN(c2cc[nH+]cc2)CC1. The van der Waals surface area contributed by atoms with E-state index in [1.165, 1.54) is 0 Å². The van der Waals surface area contributed by atoms with Crippen molar-refractivity contribution in [1.29, 1.82) is 0 Å². The molecule has 1 aliphatic heterocycles. The van der Waals surface area contributed by atoms with Crippen LogP contribution < -0.4 is 15.2 Å². The van der Waals surface area contributed by atoms with Crippen molar-refractivity contribution < 1.29 is 14.6 Å². The van der Waals surface area contributed by atoms with Crippen LogP contribution >= 0.6 is 11.6 Å². The first kappa shape index (κ1) is 21.1. The Kier molecular flexibility index (Phi) is 7.09. The maximum atomic E-state index is 13.2. The van der Waals surface area contributed by atoms with Crippen LogP contribution in [0.5, 0.6) is 0 Å². The first-order valence-electron chi connectivity index (χ1n) is 10.0. The van der Waals surface area contributed by atoms with Gasteiger partial charge in [0.1, 0.15) is 6.04 Å². The minimum absolute atomic E-state index is 0.0120. The standard InChI is InChI=1S/C22H27ClN4O2/c1-16(2)15-20(25-21(28)17-3-5-18(23)6-4-17)22(29)27-13-11-26(12-14-27)19-7-9-24-10-8-19/h3-10,16,20H,11-15H2,1-2H3,(H,25,28)/p+1/t20-/m1/s1. The molecular formula is C22H28ClN4O2+. The van der Waals surface area contributed by atoms with Crippen LogP contribution in [0.1, 0.15) is 30.6 Å². The number of pyridine rings is 1. The average molecular weight is 416 g/mol. The van der Waals surface area contributed by atoms with Crippen molar-refractivity contribution in [3.63, 3.8) is 0 Å². The molecule has 2 amide bonds. The molecule has 0 radical (unpaired) electrons. The zero-order valence-electron chi connectivity index (χ0n) is 16.9. The van der Waals surface area contributed by atoms with Crippen LogP contribution in [-0.4, -0.2) is 48.9 Å².